The zero-order valence-electron chi connectivity index (χ0n) is 18.2. The number of Topliss-reactive ketones (excluding diaryl/α,β-unsaturated/α-hetero) is 1. The lowest BCUT2D eigenvalue weighted by atomic mass is 9.82. The first-order chi connectivity index (χ1) is 14.7. The molecule has 0 aliphatic carbocycles. The lowest BCUT2D eigenvalue weighted by molar-refractivity contribution is -0.0249. The molecule has 1 saturated heterocycles. The predicted molar refractivity (Wildman–Crippen MR) is 122 cm³/mol. The van der Waals surface area contributed by atoms with Gasteiger partial charge in [0.15, 0.2) is 5.78 Å². The van der Waals surface area contributed by atoms with Gasteiger partial charge in [0, 0.05) is 25.2 Å². The zero-order valence-corrected chi connectivity index (χ0v) is 19.0. The van der Waals surface area contributed by atoms with Crippen LogP contribution in [0.5, 0.6) is 0 Å². The van der Waals surface area contributed by atoms with Crippen molar-refractivity contribution in [3.8, 4) is 0 Å². The molecule has 0 spiro atoms. The maximum absolute atomic E-state index is 12.9. The summed E-state index contributed by atoms with van der Waals surface area (Å²) in [6.07, 6.45) is 3.93. The molecule has 7 heteroatoms. The van der Waals surface area contributed by atoms with Gasteiger partial charge in [0.2, 0.25) is 10.0 Å². The largest absolute Gasteiger partial charge is 0.385 e. The van der Waals surface area contributed by atoms with Gasteiger partial charge in [0.05, 0.1) is 24.1 Å². The summed E-state index contributed by atoms with van der Waals surface area (Å²) in [5.74, 6) is 0.0283. The van der Waals surface area contributed by atoms with Crippen LogP contribution in [0.1, 0.15) is 46.3 Å². The molecule has 1 fully saturated rings. The molecule has 0 atom stereocenters. The molecule has 2 aromatic carbocycles. The normalized spacial score (nSPS) is 19.1. The Hall–Kier alpha value is -2.22. The highest BCUT2D eigenvalue weighted by molar-refractivity contribution is 7.92. The lowest BCUT2D eigenvalue weighted by Crippen LogP contribution is -2.44. The fraction of sp³-hybridized carbons (Fsp3) is 0.458. The van der Waals surface area contributed by atoms with Crippen LogP contribution >= 0.6 is 0 Å². The Balaban J connectivity index is 1.43. The second-order valence-corrected chi connectivity index (χ2v) is 10.7. The highest BCUT2D eigenvalue weighted by Gasteiger charge is 2.35. The number of benzene rings is 2. The minimum Gasteiger partial charge on any atom is -0.385 e. The summed E-state index contributed by atoms with van der Waals surface area (Å²) >= 11 is 0. The molecule has 0 saturated carbocycles. The van der Waals surface area contributed by atoms with Crippen LogP contribution in [0.15, 0.2) is 42.5 Å². The van der Waals surface area contributed by atoms with Crippen LogP contribution in [0.2, 0.25) is 0 Å². The number of hydrogen-bond acceptors (Lipinski definition) is 5. The minimum atomic E-state index is -3.32. The van der Waals surface area contributed by atoms with Crippen molar-refractivity contribution < 1.29 is 18.3 Å². The quantitative estimate of drug-likeness (QED) is 0.721. The topological polar surface area (TPSA) is 77.9 Å². The molecule has 6 nitrogen and oxygen atoms in total. The first-order valence-electron chi connectivity index (χ1n) is 10.8. The van der Waals surface area contributed by atoms with E-state index in [0.29, 0.717) is 50.3 Å². The second-order valence-electron chi connectivity index (χ2n) is 8.83. The summed E-state index contributed by atoms with van der Waals surface area (Å²) in [7, 11) is -3.32. The molecule has 4 rings (SSSR count). The van der Waals surface area contributed by atoms with Gasteiger partial charge >= 0.3 is 0 Å². The zero-order chi connectivity index (χ0) is 22.2. The van der Waals surface area contributed by atoms with E-state index in [1.165, 1.54) is 10.6 Å². The fourth-order valence-corrected chi connectivity index (χ4v) is 5.82. The van der Waals surface area contributed by atoms with E-state index in [1.807, 2.05) is 37.3 Å². The molecule has 0 radical (unpaired) electrons. The number of sulfonamides is 1. The number of carbonyl (C=O) groups excluding carboxylic acids is 1. The van der Waals surface area contributed by atoms with Crippen molar-refractivity contribution in [2.24, 2.45) is 0 Å². The van der Waals surface area contributed by atoms with E-state index >= 15 is 0 Å². The number of aliphatic hydroxyl groups is 1. The maximum atomic E-state index is 12.9. The Morgan fingerprint density at radius 3 is 2.48 bits per heavy atom. The first-order valence-corrected chi connectivity index (χ1v) is 12.7. The van der Waals surface area contributed by atoms with Gasteiger partial charge in [-0.25, -0.2) is 8.42 Å². The van der Waals surface area contributed by atoms with Gasteiger partial charge in [0.1, 0.15) is 0 Å². The number of nitrogens with zero attached hydrogens (tertiary/aromatic N) is 2. The molecule has 2 aromatic rings. The average molecular weight is 443 g/mol. The van der Waals surface area contributed by atoms with Gasteiger partial charge in [-0.05, 0) is 67.5 Å². The molecule has 2 aliphatic heterocycles. The van der Waals surface area contributed by atoms with E-state index in [0.717, 1.165) is 29.5 Å². The number of rotatable bonds is 5. The third-order valence-corrected chi connectivity index (χ3v) is 7.75. The standard InChI is InChI=1S/C24H30N2O4S/c1-18-6-3-4-8-21(18)24(28)11-14-25(15-12-24)17-23(27)20-9-10-22-19(16-20)7-5-13-26(22)31(2,29)30/h3-4,6,8-10,16,28H,5,7,11-15,17H2,1-2H3. The van der Waals surface area contributed by atoms with Crippen molar-refractivity contribution in [2.45, 2.75) is 38.2 Å². The number of aryl methyl sites for hydroxylation is 2. The minimum absolute atomic E-state index is 0.0283. The summed E-state index contributed by atoms with van der Waals surface area (Å²) in [4.78, 5) is 15.0. The Labute approximate surface area is 184 Å². The molecule has 31 heavy (non-hydrogen) atoms. The summed E-state index contributed by atoms with van der Waals surface area (Å²) in [5, 5.41) is 11.1. The first kappa shape index (κ1) is 22.0. The third kappa shape index (κ3) is 4.54. The van der Waals surface area contributed by atoms with E-state index in [4.69, 9.17) is 0 Å². The smallest absolute Gasteiger partial charge is 0.232 e. The van der Waals surface area contributed by atoms with Gasteiger partial charge < -0.3 is 5.11 Å². The van der Waals surface area contributed by atoms with Crippen LogP contribution < -0.4 is 4.31 Å². The summed E-state index contributed by atoms with van der Waals surface area (Å²) in [6, 6.07) is 13.3. The second kappa shape index (κ2) is 8.37. The van der Waals surface area contributed by atoms with Crippen molar-refractivity contribution in [1.82, 2.24) is 4.90 Å². The SMILES string of the molecule is Cc1ccccc1C1(O)CCN(CC(=O)c2ccc3c(c2)CCCN3S(C)(=O)=O)CC1. The number of likely N-dealkylation sites (tertiary alicyclic amines) is 1. The molecule has 0 bridgehead atoms. The Morgan fingerprint density at radius 1 is 1.10 bits per heavy atom. The van der Waals surface area contributed by atoms with Gasteiger partial charge in [-0.1, -0.05) is 24.3 Å². The van der Waals surface area contributed by atoms with Crippen LogP contribution in [-0.4, -0.2) is 56.6 Å². The fourth-order valence-electron chi connectivity index (χ4n) is 4.82. The van der Waals surface area contributed by atoms with Crippen LogP contribution in [0.3, 0.4) is 0 Å². The molecule has 0 aromatic heterocycles. The van der Waals surface area contributed by atoms with E-state index in [2.05, 4.69) is 4.90 Å². The number of carbonyl (C=O) groups is 1. The molecule has 2 aliphatic rings. The summed E-state index contributed by atoms with van der Waals surface area (Å²) in [5.41, 5.74) is 3.44. The maximum Gasteiger partial charge on any atom is 0.232 e. The number of anilines is 1. The molecule has 1 N–H and O–H groups in total. The molecule has 166 valence electrons. The number of fused-ring (bicyclic) bond motifs is 1. The van der Waals surface area contributed by atoms with Crippen molar-refractivity contribution in [2.75, 3.05) is 36.7 Å². The average Bonchev–Trinajstić information content (AvgIpc) is 2.74. The third-order valence-electron chi connectivity index (χ3n) is 6.57. The highest BCUT2D eigenvalue weighted by Crippen LogP contribution is 2.35. The summed E-state index contributed by atoms with van der Waals surface area (Å²) in [6.45, 7) is 4.12. The monoisotopic (exact) mass is 442 g/mol. The van der Waals surface area contributed by atoms with Crippen molar-refractivity contribution in [1.29, 1.82) is 0 Å². The van der Waals surface area contributed by atoms with E-state index in [1.54, 1.807) is 12.1 Å². The number of hydrogen-bond donors (Lipinski definition) is 1. The Bertz CT molecular complexity index is 1090. The Morgan fingerprint density at radius 2 is 1.81 bits per heavy atom. The number of ketones is 1. The van der Waals surface area contributed by atoms with Crippen LogP contribution in [-0.2, 0) is 22.0 Å². The highest BCUT2D eigenvalue weighted by atomic mass is 32.2. The molecular formula is C24H30N2O4S. The van der Waals surface area contributed by atoms with Crippen molar-refractivity contribution in [3.05, 3.63) is 64.7 Å². The van der Waals surface area contributed by atoms with E-state index in [9.17, 15) is 18.3 Å². The molecule has 0 unspecified atom stereocenters. The van der Waals surface area contributed by atoms with E-state index in [-0.39, 0.29) is 5.78 Å². The summed E-state index contributed by atoms with van der Waals surface area (Å²) < 4.78 is 25.5. The predicted octanol–water partition coefficient (Wildman–Crippen LogP) is 2.87. The lowest BCUT2D eigenvalue weighted by Gasteiger charge is -2.39. The molecule has 2 heterocycles. The van der Waals surface area contributed by atoms with Gasteiger partial charge in [-0.15, -0.1) is 0 Å². The van der Waals surface area contributed by atoms with Crippen LogP contribution in [0.4, 0.5) is 5.69 Å². The van der Waals surface area contributed by atoms with Crippen molar-refractivity contribution >= 4 is 21.5 Å². The van der Waals surface area contributed by atoms with Gasteiger partial charge in [-0.2, -0.15) is 0 Å². The van der Waals surface area contributed by atoms with Crippen molar-refractivity contribution in [3.63, 3.8) is 0 Å². The van der Waals surface area contributed by atoms with Gasteiger partial charge in [-0.3, -0.25) is 14.0 Å². The Kier molecular flexibility index (Phi) is 5.94. The molecule has 0 amide bonds. The van der Waals surface area contributed by atoms with Crippen LogP contribution in [0.25, 0.3) is 0 Å². The van der Waals surface area contributed by atoms with Gasteiger partial charge in [0.25, 0.3) is 0 Å². The number of piperidine rings is 1. The van der Waals surface area contributed by atoms with Crippen LogP contribution in [0, 0.1) is 6.92 Å². The molecular weight excluding hydrogens is 412 g/mol. The van der Waals surface area contributed by atoms with E-state index < -0.39 is 15.6 Å².